The van der Waals surface area contributed by atoms with Crippen LogP contribution in [0, 0.1) is 0 Å². The summed E-state index contributed by atoms with van der Waals surface area (Å²) < 4.78 is 23.7. The molecule has 0 fully saturated rings. The van der Waals surface area contributed by atoms with Crippen LogP contribution in [0.2, 0.25) is 0 Å². The highest BCUT2D eigenvalue weighted by Gasteiger charge is 2.27. The number of aliphatic hydroxyl groups excluding tert-OH is 1. The number of hydrogen-bond donors (Lipinski definition) is 3. The number of nitrogens with one attached hydrogen (secondary N) is 1. The monoisotopic (exact) mass is 1040 g/mol. The quantitative estimate of drug-likeness (QED) is 0.0243. The first-order chi connectivity index (χ1) is 35.5. The van der Waals surface area contributed by atoms with Crippen LogP contribution in [0.3, 0.4) is 0 Å². The maximum atomic E-state index is 13.0. The van der Waals surface area contributed by atoms with Crippen molar-refractivity contribution < 1.29 is 32.9 Å². The van der Waals surface area contributed by atoms with Gasteiger partial charge in [0.2, 0.25) is 5.91 Å². The molecule has 420 valence electrons. The van der Waals surface area contributed by atoms with Gasteiger partial charge in [0.1, 0.15) is 13.2 Å². The van der Waals surface area contributed by atoms with Crippen molar-refractivity contribution in [2.75, 3.05) is 40.9 Å². The largest absolute Gasteiger partial charge is 0.472 e. The first kappa shape index (κ1) is 70.2. The highest BCUT2D eigenvalue weighted by Crippen LogP contribution is 2.43. The third kappa shape index (κ3) is 56.7. The summed E-state index contributed by atoms with van der Waals surface area (Å²) in [5.74, 6) is -0.222. The van der Waals surface area contributed by atoms with Crippen molar-refractivity contribution in [3.63, 3.8) is 0 Å². The van der Waals surface area contributed by atoms with Crippen LogP contribution >= 0.6 is 7.82 Å². The van der Waals surface area contributed by atoms with Crippen molar-refractivity contribution in [1.82, 2.24) is 5.32 Å². The van der Waals surface area contributed by atoms with Crippen LogP contribution in [0.4, 0.5) is 0 Å². The standard InChI is InChI=1S/C64H113N2O6P/c1-6-8-10-12-14-16-18-20-22-24-26-28-30-32-33-34-36-38-40-42-44-46-48-50-52-54-56-58-64(68)65-62(61-72-73(69,70)71-60-59-66(3,4)5)63(67)57-55-53-51-49-47-45-43-41-39-37-35-31-29-27-25-23-21-19-17-15-13-11-9-7-2/h8,10,14,16,20,22,26,28,32-33,36,38,42,44,48,50,55,57,62-63,67H,6-7,9,11-13,15,17-19,21,23-25,27,29-31,34-35,37,39-41,43,45-47,49,51-54,56,58-61H2,1-5H3,(H-,65,68,69,70)/p+1/b10-8-,16-14-,22-20-,28-26-,33-32-,38-36-,44-42-,50-48-,57-55+. The van der Waals surface area contributed by atoms with Gasteiger partial charge in [-0.25, -0.2) is 4.57 Å². The van der Waals surface area contributed by atoms with Gasteiger partial charge in [-0.3, -0.25) is 13.8 Å². The lowest BCUT2D eigenvalue weighted by molar-refractivity contribution is -0.870. The highest BCUT2D eigenvalue weighted by molar-refractivity contribution is 7.47. The summed E-state index contributed by atoms with van der Waals surface area (Å²) in [6.07, 6.45) is 79.1. The van der Waals surface area contributed by atoms with Crippen LogP contribution in [0.15, 0.2) is 109 Å². The molecular weight excluding hydrogens is 924 g/mol. The van der Waals surface area contributed by atoms with Crippen molar-refractivity contribution in [3.05, 3.63) is 109 Å². The van der Waals surface area contributed by atoms with Crippen molar-refractivity contribution in [3.8, 4) is 0 Å². The third-order valence-electron chi connectivity index (χ3n) is 12.7. The van der Waals surface area contributed by atoms with E-state index in [1.807, 2.05) is 27.2 Å². The molecule has 0 aliphatic rings. The first-order valence-corrected chi connectivity index (χ1v) is 31.3. The number of aliphatic hydroxyl groups is 1. The third-order valence-corrected chi connectivity index (χ3v) is 13.7. The molecule has 0 saturated carbocycles. The van der Waals surface area contributed by atoms with Gasteiger partial charge in [0.25, 0.3) is 0 Å². The molecule has 0 aliphatic heterocycles. The number of rotatable bonds is 53. The van der Waals surface area contributed by atoms with E-state index in [-0.39, 0.29) is 19.1 Å². The Morgan fingerprint density at radius 3 is 1.21 bits per heavy atom. The molecule has 3 unspecified atom stereocenters. The summed E-state index contributed by atoms with van der Waals surface area (Å²) in [5.41, 5.74) is 0. The molecule has 0 aromatic heterocycles. The molecule has 1 amide bonds. The number of unbranched alkanes of at least 4 members (excludes halogenated alkanes) is 24. The van der Waals surface area contributed by atoms with Crippen LogP contribution < -0.4 is 5.32 Å². The zero-order chi connectivity index (χ0) is 53.5. The maximum absolute atomic E-state index is 13.0. The van der Waals surface area contributed by atoms with Gasteiger partial charge >= 0.3 is 7.82 Å². The number of amides is 1. The number of phosphoric acid groups is 1. The lowest BCUT2D eigenvalue weighted by Crippen LogP contribution is -2.45. The molecule has 0 aromatic rings. The fraction of sp³-hybridized carbons (Fsp3) is 0.703. The molecule has 0 heterocycles. The zero-order valence-electron chi connectivity index (χ0n) is 47.8. The van der Waals surface area contributed by atoms with Crippen LogP contribution in [0.25, 0.3) is 0 Å². The van der Waals surface area contributed by atoms with E-state index in [0.29, 0.717) is 23.9 Å². The molecule has 0 aromatic carbocycles. The number of nitrogens with zero attached hydrogens (tertiary/aromatic N) is 1. The second-order valence-electron chi connectivity index (χ2n) is 21.0. The highest BCUT2D eigenvalue weighted by atomic mass is 31.2. The molecule has 0 radical (unpaired) electrons. The molecule has 0 rings (SSSR count). The molecule has 8 nitrogen and oxygen atoms in total. The molecule has 0 bridgehead atoms. The van der Waals surface area contributed by atoms with E-state index < -0.39 is 20.0 Å². The number of likely N-dealkylation sites (N-methyl/N-ethyl adjacent to an activating group) is 1. The van der Waals surface area contributed by atoms with E-state index in [4.69, 9.17) is 9.05 Å². The van der Waals surface area contributed by atoms with Gasteiger partial charge in [-0.1, -0.05) is 258 Å². The van der Waals surface area contributed by atoms with Crippen molar-refractivity contribution in [1.29, 1.82) is 0 Å². The molecule has 3 atom stereocenters. The normalized spacial score (nSPS) is 14.7. The van der Waals surface area contributed by atoms with E-state index in [1.54, 1.807) is 6.08 Å². The Labute approximate surface area is 451 Å². The summed E-state index contributed by atoms with van der Waals surface area (Å²) in [4.78, 5) is 23.3. The SMILES string of the molecule is CC/C=C\C/C=C\C/C=C\C/C=C\C/C=C\C/C=C\C/C=C\C/C=C\CCCCC(=O)NC(COP(=O)(O)OCC[N+](C)(C)C)C(O)/C=C/CCCCCCCCCCCCCCCCCCCCCCCC. The number of quaternary nitrogens is 1. The Balaban J connectivity index is 4.34. The number of allylic oxidation sites excluding steroid dienone is 17. The topological polar surface area (TPSA) is 105 Å². The van der Waals surface area contributed by atoms with Crippen LogP contribution in [0.5, 0.6) is 0 Å². The number of hydrogen-bond acceptors (Lipinski definition) is 5. The predicted octanol–water partition coefficient (Wildman–Crippen LogP) is 18.4. The lowest BCUT2D eigenvalue weighted by Gasteiger charge is -2.25. The second kappa shape index (κ2) is 54.0. The van der Waals surface area contributed by atoms with Crippen molar-refractivity contribution >= 4 is 13.7 Å². The Bertz CT molecular complexity index is 1550. The summed E-state index contributed by atoms with van der Waals surface area (Å²) >= 11 is 0. The van der Waals surface area contributed by atoms with Crippen LogP contribution in [0.1, 0.15) is 239 Å². The maximum Gasteiger partial charge on any atom is 0.472 e. The van der Waals surface area contributed by atoms with E-state index in [0.717, 1.165) is 83.5 Å². The van der Waals surface area contributed by atoms with Crippen LogP contribution in [-0.2, 0) is 18.4 Å². The van der Waals surface area contributed by atoms with E-state index in [1.165, 1.54) is 128 Å². The average molecular weight is 1040 g/mol. The van der Waals surface area contributed by atoms with Gasteiger partial charge in [0, 0.05) is 6.42 Å². The molecular formula is C64H114N2O6P+. The summed E-state index contributed by atoms with van der Waals surface area (Å²) in [6.45, 7) is 4.67. The number of phosphoric ester groups is 1. The fourth-order valence-corrected chi connectivity index (χ4v) is 8.85. The Morgan fingerprint density at radius 1 is 0.479 bits per heavy atom. The first-order valence-electron chi connectivity index (χ1n) is 29.8. The molecule has 0 spiro atoms. The van der Waals surface area contributed by atoms with Crippen molar-refractivity contribution in [2.24, 2.45) is 0 Å². The second-order valence-corrected chi connectivity index (χ2v) is 22.4. The van der Waals surface area contributed by atoms with Gasteiger partial charge < -0.3 is 19.8 Å². The number of carbonyl (C=O) groups excluding carboxylic acids is 1. The smallest absolute Gasteiger partial charge is 0.387 e. The van der Waals surface area contributed by atoms with E-state index in [2.05, 4.69) is 116 Å². The van der Waals surface area contributed by atoms with E-state index >= 15 is 0 Å². The summed E-state index contributed by atoms with van der Waals surface area (Å²) in [5, 5.41) is 13.9. The fourth-order valence-electron chi connectivity index (χ4n) is 8.12. The average Bonchev–Trinajstić information content (AvgIpc) is 3.35. The molecule has 9 heteroatoms. The van der Waals surface area contributed by atoms with Crippen molar-refractivity contribution in [2.45, 2.75) is 251 Å². The van der Waals surface area contributed by atoms with Gasteiger partial charge in [0.05, 0.1) is 39.9 Å². The Morgan fingerprint density at radius 2 is 0.822 bits per heavy atom. The zero-order valence-corrected chi connectivity index (χ0v) is 48.7. The van der Waals surface area contributed by atoms with E-state index in [9.17, 15) is 19.4 Å². The lowest BCUT2D eigenvalue weighted by atomic mass is 10.0. The predicted molar refractivity (Wildman–Crippen MR) is 318 cm³/mol. The summed E-state index contributed by atoms with van der Waals surface area (Å²) in [7, 11) is 1.53. The van der Waals surface area contributed by atoms with Crippen LogP contribution in [-0.4, -0.2) is 73.4 Å². The number of carbonyl (C=O) groups is 1. The molecule has 0 saturated heterocycles. The van der Waals surface area contributed by atoms with Gasteiger partial charge in [-0.15, -0.1) is 0 Å². The van der Waals surface area contributed by atoms with Gasteiger partial charge in [0.15, 0.2) is 0 Å². The van der Waals surface area contributed by atoms with Gasteiger partial charge in [-0.05, 0) is 83.5 Å². The minimum Gasteiger partial charge on any atom is -0.387 e. The summed E-state index contributed by atoms with van der Waals surface area (Å²) in [6, 6.07) is -0.879. The minimum atomic E-state index is -4.37. The molecule has 0 aliphatic carbocycles. The molecule has 3 N–H and O–H groups in total. The molecule has 73 heavy (non-hydrogen) atoms. The van der Waals surface area contributed by atoms with Gasteiger partial charge in [-0.2, -0.15) is 0 Å². The minimum absolute atomic E-state index is 0.0470. The Hall–Kier alpha value is -2.84. The Kier molecular flexibility index (Phi) is 51.9.